The average Bonchev–Trinajstić information content (AvgIpc) is 2.27. The molecular formula is C11H23N3O5S. The van der Waals surface area contributed by atoms with Gasteiger partial charge in [-0.3, -0.25) is 4.79 Å². The van der Waals surface area contributed by atoms with E-state index in [4.69, 9.17) is 5.11 Å². The molecule has 0 bridgehead atoms. The third-order valence-electron chi connectivity index (χ3n) is 3.49. The molecule has 20 heavy (non-hydrogen) atoms. The van der Waals surface area contributed by atoms with Gasteiger partial charge in [0.25, 0.3) is 0 Å². The van der Waals surface area contributed by atoms with E-state index in [1.165, 1.54) is 20.9 Å². The monoisotopic (exact) mass is 309 g/mol. The van der Waals surface area contributed by atoms with Crippen molar-refractivity contribution in [3.8, 4) is 0 Å². The van der Waals surface area contributed by atoms with Crippen molar-refractivity contribution in [2.75, 3.05) is 19.3 Å². The van der Waals surface area contributed by atoms with Crippen LogP contribution in [0.3, 0.4) is 0 Å². The second-order valence-corrected chi connectivity index (χ2v) is 7.51. The number of rotatable bonds is 7. The van der Waals surface area contributed by atoms with Crippen LogP contribution < -0.4 is 15.4 Å². The summed E-state index contributed by atoms with van der Waals surface area (Å²) in [5.41, 5.74) is -2.19. The number of carboxylic acid groups (broad SMARTS) is 1. The molecule has 0 aromatic heterocycles. The lowest BCUT2D eigenvalue weighted by molar-refractivity contribution is -0.150. The van der Waals surface area contributed by atoms with Crippen LogP contribution in [0.25, 0.3) is 0 Å². The van der Waals surface area contributed by atoms with Crippen LogP contribution in [-0.4, -0.2) is 50.4 Å². The molecular weight excluding hydrogens is 286 g/mol. The zero-order chi connectivity index (χ0) is 16.2. The summed E-state index contributed by atoms with van der Waals surface area (Å²) in [4.78, 5) is 22.8. The van der Waals surface area contributed by atoms with E-state index in [1.807, 2.05) is 0 Å². The molecule has 0 atom stereocenters. The fourth-order valence-corrected chi connectivity index (χ4v) is 1.73. The maximum Gasteiger partial charge on any atom is 0.315 e. The minimum atomic E-state index is -3.39. The van der Waals surface area contributed by atoms with Crippen LogP contribution >= 0.6 is 0 Å². The van der Waals surface area contributed by atoms with Crippen molar-refractivity contribution in [1.82, 2.24) is 15.4 Å². The molecule has 0 aromatic carbocycles. The zero-order valence-electron chi connectivity index (χ0n) is 12.4. The standard InChI is InChI=1S/C11H23N3O5S/c1-10(2,8(15)16)11(3,4)14-9(17)13-6-7-20(18,19)12-5/h12H,6-7H2,1-5H3,(H,15,16)(H2,13,14,17). The van der Waals surface area contributed by atoms with E-state index >= 15 is 0 Å². The highest BCUT2D eigenvalue weighted by Gasteiger charge is 2.44. The Morgan fingerprint density at radius 2 is 1.65 bits per heavy atom. The van der Waals surface area contributed by atoms with Crippen molar-refractivity contribution in [1.29, 1.82) is 0 Å². The molecule has 0 unspecified atom stereocenters. The van der Waals surface area contributed by atoms with Crippen molar-refractivity contribution in [3.05, 3.63) is 0 Å². The Balaban J connectivity index is 4.51. The second-order valence-electron chi connectivity index (χ2n) is 5.46. The molecule has 0 aromatic rings. The van der Waals surface area contributed by atoms with Crippen LogP contribution in [0, 0.1) is 5.41 Å². The summed E-state index contributed by atoms with van der Waals surface area (Å²) in [6.45, 7) is 6.11. The molecule has 0 radical (unpaired) electrons. The molecule has 0 aliphatic carbocycles. The number of urea groups is 1. The van der Waals surface area contributed by atoms with Gasteiger partial charge >= 0.3 is 12.0 Å². The van der Waals surface area contributed by atoms with E-state index < -0.39 is 33.0 Å². The molecule has 2 amide bonds. The van der Waals surface area contributed by atoms with Gasteiger partial charge in [-0.05, 0) is 34.7 Å². The van der Waals surface area contributed by atoms with Gasteiger partial charge in [0.05, 0.1) is 16.7 Å². The fraction of sp³-hybridized carbons (Fsp3) is 0.818. The third-order valence-corrected chi connectivity index (χ3v) is 4.85. The first-order valence-electron chi connectivity index (χ1n) is 6.06. The van der Waals surface area contributed by atoms with Crippen molar-refractivity contribution in [3.63, 3.8) is 0 Å². The summed E-state index contributed by atoms with van der Waals surface area (Å²) in [7, 11) is -2.10. The molecule has 118 valence electrons. The second kappa shape index (κ2) is 6.40. The number of hydrogen-bond donors (Lipinski definition) is 4. The van der Waals surface area contributed by atoms with Gasteiger partial charge in [-0.2, -0.15) is 0 Å². The molecule has 0 aliphatic heterocycles. The molecule has 0 saturated carbocycles. The summed E-state index contributed by atoms with van der Waals surface area (Å²) in [6, 6.07) is -0.615. The molecule has 0 rings (SSSR count). The van der Waals surface area contributed by atoms with E-state index in [0.717, 1.165) is 0 Å². The lowest BCUT2D eigenvalue weighted by Gasteiger charge is -2.38. The maximum atomic E-state index is 11.7. The molecule has 0 saturated heterocycles. The van der Waals surface area contributed by atoms with Gasteiger partial charge in [0.15, 0.2) is 0 Å². The van der Waals surface area contributed by atoms with Gasteiger partial charge in [0.1, 0.15) is 0 Å². The lowest BCUT2D eigenvalue weighted by Crippen LogP contribution is -2.59. The van der Waals surface area contributed by atoms with Crippen molar-refractivity contribution >= 4 is 22.0 Å². The van der Waals surface area contributed by atoms with E-state index in [-0.39, 0.29) is 12.3 Å². The smallest absolute Gasteiger partial charge is 0.315 e. The largest absolute Gasteiger partial charge is 0.481 e. The Labute approximate surface area is 119 Å². The zero-order valence-corrected chi connectivity index (χ0v) is 13.2. The first kappa shape index (κ1) is 18.7. The Morgan fingerprint density at radius 1 is 1.15 bits per heavy atom. The summed E-state index contributed by atoms with van der Waals surface area (Å²) in [5.74, 6) is -1.29. The number of nitrogens with one attached hydrogen (secondary N) is 3. The van der Waals surface area contributed by atoms with Crippen LogP contribution in [0.1, 0.15) is 27.7 Å². The summed E-state index contributed by atoms with van der Waals surface area (Å²) >= 11 is 0. The normalized spacial score (nSPS) is 12.8. The van der Waals surface area contributed by atoms with Gasteiger partial charge in [-0.25, -0.2) is 17.9 Å². The SMILES string of the molecule is CNS(=O)(=O)CCNC(=O)NC(C)(C)C(C)(C)C(=O)O. The van der Waals surface area contributed by atoms with Gasteiger partial charge in [0.2, 0.25) is 10.0 Å². The predicted octanol–water partition coefficient (Wildman–Crippen LogP) is -0.276. The van der Waals surface area contributed by atoms with E-state index in [9.17, 15) is 18.0 Å². The van der Waals surface area contributed by atoms with Crippen LogP contribution in [0.2, 0.25) is 0 Å². The quantitative estimate of drug-likeness (QED) is 0.515. The Bertz CT molecular complexity index is 470. The Hall–Kier alpha value is -1.35. The molecule has 9 heteroatoms. The summed E-state index contributed by atoms with van der Waals surface area (Å²) in [6.07, 6.45) is 0. The number of hydrogen-bond acceptors (Lipinski definition) is 4. The highest BCUT2D eigenvalue weighted by atomic mass is 32.2. The summed E-state index contributed by atoms with van der Waals surface area (Å²) < 4.78 is 24.4. The van der Waals surface area contributed by atoms with Crippen LogP contribution in [0.15, 0.2) is 0 Å². The number of carbonyl (C=O) groups is 2. The minimum absolute atomic E-state index is 0.0708. The maximum absolute atomic E-state index is 11.7. The lowest BCUT2D eigenvalue weighted by atomic mass is 9.74. The number of carbonyl (C=O) groups excluding carboxylic acids is 1. The molecule has 0 aliphatic rings. The first-order chi connectivity index (χ1) is 8.85. The number of aliphatic carboxylic acids is 1. The Kier molecular flexibility index (Phi) is 5.97. The van der Waals surface area contributed by atoms with Crippen molar-refractivity contribution in [2.45, 2.75) is 33.2 Å². The van der Waals surface area contributed by atoms with Gasteiger partial charge in [-0.1, -0.05) is 0 Å². The van der Waals surface area contributed by atoms with Crippen molar-refractivity contribution < 1.29 is 23.1 Å². The van der Waals surface area contributed by atoms with Gasteiger partial charge in [-0.15, -0.1) is 0 Å². The first-order valence-corrected chi connectivity index (χ1v) is 7.71. The van der Waals surface area contributed by atoms with Crippen molar-refractivity contribution in [2.24, 2.45) is 5.41 Å². The summed E-state index contributed by atoms with van der Waals surface area (Å²) in [5, 5.41) is 14.1. The highest BCUT2D eigenvalue weighted by molar-refractivity contribution is 7.89. The molecule has 0 spiro atoms. The minimum Gasteiger partial charge on any atom is -0.481 e. The van der Waals surface area contributed by atoms with Gasteiger partial charge < -0.3 is 15.7 Å². The van der Waals surface area contributed by atoms with Gasteiger partial charge in [0, 0.05) is 6.54 Å². The number of amides is 2. The van der Waals surface area contributed by atoms with Crippen LogP contribution in [0.4, 0.5) is 4.79 Å². The molecule has 4 N–H and O–H groups in total. The number of carboxylic acids is 1. The highest BCUT2D eigenvalue weighted by Crippen LogP contribution is 2.30. The topological polar surface area (TPSA) is 125 Å². The third kappa shape index (κ3) is 4.97. The molecule has 8 nitrogen and oxygen atoms in total. The molecule has 0 fully saturated rings. The van der Waals surface area contributed by atoms with Crippen LogP contribution in [-0.2, 0) is 14.8 Å². The Morgan fingerprint density at radius 3 is 2.05 bits per heavy atom. The predicted molar refractivity (Wildman–Crippen MR) is 74.9 cm³/mol. The van der Waals surface area contributed by atoms with E-state index in [1.54, 1.807) is 13.8 Å². The number of sulfonamides is 1. The fourth-order valence-electron chi connectivity index (χ4n) is 1.15. The van der Waals surface area contributed by atoms with E-state index in [2.05, 4.69) is 15.4 Å². The van der Waals surface area contributed by atoms with Crippen LogP contribution in [0.5, 0.6) is 0 Å². The molecule has 0 heterocycles. The average molecular weight is 309 g/mol. The van der Waals surface area contributed by atoms with E-state index in [0.29, 0.717) is 0 Å².